The summed E-state index contributed by atoms with van der Waals surface area (Å²) >= 11 is 0. The van der Waals surface area contributed by atoms with Crippen molar-refractivity contribution in [2.45, 2.75) is 0 Å². The monoisotopic (exact) mass is 255 g/mol. The lowest BCUT2D eigenvalue weighted by atomic mass is 10.2. The van der Waals surface area contributed by atoms with Crippen LogP contribution in [0.25, 0.3) is 10.9 Å². The standard InChI is InChI=1S/C13H13N5O/c1-17-8-7-14-13(17)15-12(19)11-9-5-3-4-6-10(9)18(2)16-11/h3-8H,1-2H3,(H,14,15,19). The molecule has 0 saturated heterocycles. The molecular weight excluding hydrogens is 242 g/mol. The van der Waals surface area contributed by atoms with Crippen LogP contribution >= 0.6 is 0 Å². The third kappa shape index (κ3) is 1.87. The lowest BCUT2D eigenvalue weighted by Gasteiger charge is -2.02. The van der Waals surface area contributed by atoms with Crippen molar-refractivity contribution in [3.63, 3.8) is 0 Å². The number of amides is 1. The van der Waals surface area contributed by atoms with Crippen molar-refractivity contribution in [1.82, 2.24) is 19.3 Å². The number of rotatable bonds is 2. The molecular formula is C13H13N5O. The third-order valence-corrected chi connectivity index (χ3v) is 3.02. The maximum atomic E-state index is 12.3. The van der Waals surface area contributed by atoms with Gasteiger partial charge >= 0.3 is 0 Å². The van der Waals surface area contributed by atoms with E-state index < -0.39 is 0 Å². The molecule has 2 heterocycles. The zero-order valence-corrected chi connectivity index (χ0v) is 10.7. The fourth-order valence-corrected chi connectivity index (χ4v) is 2.03. The van der Waals surface area contributed by atoms with Crippen molar-refractivity contribution < 1.29 is 4.79 Å². The second kappa shape index (κ2) is 4.24. The van der Waals surface area contributed by atoms with E-state index in [1.54, 1.807) is 21.6 Å². The van der Waals surface area contributed by atoms with Crippen LogP contribution in [-0.4, -0.2) is 25.2 Å². The van der Waals surface area contributed by atoms with Gasteiger partial charge in [0, 0.05) is 31.9 Å². The maximum absolute atomic E-state index is 12.3. The second-order valence-electron chi connectivity index (χ2n) is 4.31. The molecule has 1 aromatic carbocycles. The minimum atomic E-state index is -0.258. The van der Waals surface area contributed by atoms with E-state index in [4.69, 9.17) is 0 Å². The van der Waals surface area contributed by atoms with Crippen LogP contribution in [0, 0.1) is 0 Å². The van der Waals surface area contributed by atoms with Gasteiger partial charge in [0.2, 0.25) is 5.95 Å². The fourth-order valence-electron chi connectivity index (χ4n) is 2.03. The van der Waals surface area contributed by atoms with E-state index in [1.807, 2.05) is 38.4 Å². The Bertz CT molecular complexity index is 755. The lowest BCUT2D eigenvalue weighted by Crippen LogP contribution is -2.16. The van der Waals surface area contributed by atoms with Crippen LogP contribution in [0.2, 0.25) is 0 Å². The largest absolute Gasteiger partial charge is 0.320 e. The van der Waals surface area contributed by atoms with Gasteiger partial charge in [-0.2, -0.15) is 5.10 Å². The third-order valence-electron chi connectivity index (χ3n) is 3.02. The van der Waals surface area contributed by atoms with Gasteiger partial charge in [-0.15, -0.1) is 0 Å². The Balaban J connectivity index is 2.01. The summed E-state index contributed by atoms with van der Waals surface area (Å²) in [6.07, 6.45) is 3.40. The highest BCUT2D eigenvalue weighted by molar-refractivity contribution is 6.10. The van der Waals surface area contributed by atoms with Gasteiger partial charge in [0.05, 0.1) is 5.52 Å². The molecule has 6 heteroatoms. The molecule has 0 saturated carbocycles. The molecule has 3 aromatic rings. The normalized spacial score (nSPS) is 10.8. The number of anilines is 1. The topological polar surface area (TPSA) is 64.7 Å². The zero-order chi connectivity index (χ0) is 13.4. The van der Waals surface area contributed by atoms with Crippen molar-refractivity contribution in [3.05, 3.63) is 42.4 Å². The Labute approximate surface area is 109 Å². The molecule has 6 nitrogen and oxygen atoms in total. The minimum Gasteiger partial charge on any atom is -0.320 e. The summed E-state index contributed by atoms with van der Waals surface area (Å²) in [7, 11) is 3.64. The van der Waals surface area contributed by atoms with Gasteiger partial charge in [0.1, 0.15) is 0 Å². The van der Waals surface area contributed by atoms with Gasteiger partial charge < -0.3 is 4.57 Å². The van der Waals surface area contributed by atoms with Gasteiger partial charge in [-0.3, -0.25) is 14.8 Å². The lowest BCUT2D eigenvalue weighted by molar-refractivity contribution is 0.102. The molecule has 0 radical (unpaired) electrons. The number of benzene rings is 1. The minimum absolute atomic E-state index is 0.258. The quantitative estimate of drug-likeness (QED) is 0.755. The number of nitrogens with one attached hydrogen (secondary N) is 1. The van der Waals surface area contributed by atoms with Crippen LogP contribution in [0.1, 0.15) is 10.5 Å². The number of aryl methyl sites for hydroxylation is 2. The van der Waals surface area contributed by atoms with E-state index >= 15 is 0 Å². The number of fused-ring (bicyclic) bond motifs is 1. The summed E-state index contributed by atoms with van der Waals surface area (Å²) < 4.78 is 3.44. The molecule has 1 amide bonds. The first-order chi connectivity index (χ1) is 9.16. The van der Waals surface area contributed by atoms with Gasteiger partial charge in [0.25, 0.3) is 5.91 Å². The molecule has 0 spiro atoms. The molecule has 19 heavy (non-hydrogen) atoms. The average molecular weight is 255 g/mol. The first-order valence-electron chi connectivity index (χ1n) is 5.87. The smallest absolute Gasteiger partial charge is 0.279 e. The molecule has 0 bridgehead atoms. The number of hydrogen-bond donors (Lipinski definition) is 1. The predicted octanol–water partition coefficient (Wildman–Crippen LogP) is 1.56. The molecule has 0 aliphatic carbocycles. The number of imidazole rings is 1. The summed E-state index contributed by atoms with van der Waals surface area (Å²) in [5.74, 6) is 0.242. The summed E-state index contributed by atoms with van der Waals surface area (Å²) in [5, 5.41) is 7.85. The molecule has 3 rings (SSSR count). The van der Waals surface area contributed by atoms with E-state index in [-0.39, 0.29) is 5.91 Å². The van der Waals surface area contributed by atoms with E-state index in [1.165, 1.54) is 0 Å². The number of hydrogen-bond acceptors (Lipinski definition) is 3. The molecule has 0 atom stereocenters. The Kier molecular flexibility index (Phi) is 2.56. The van der Waals surface area contributed by atoms with Gasteiger partial charge in [0.15, 0.2) is 5.69 Å². The molecule has 0 aliphatic rings. The predicted molar refractivity (Wildman–Crippen MR) is 71.9 cm³/mol. The van der Waals surface area contributed by atoms with Crippen LogP contribution < -0.4 is 5.32 Å². The SMILES string of the molecule is Cn1ccnc1NC(=O)c1nn(C)c2ccccc12. The van der Waals surface area contributed by atoms with E-state index in [0.717, 1.165) is 10.9 Å². The fraction of sp³-hybridized carbons (Fsp3) is 0.154. The van der Waals surface area contributed by atoms with Crippen LogP contribution in [-0.2, 0) is 14.1 Å². The van der Waals surface area contributed by atoms with Crippen molar-refractivity contribution >= 4 is 22.8 Å². The molecule has 2 aromatic heterocycles. The Morgan fingerprint density at radius 2 is 2.05 bits per heavy atom. The Hall–Kier alpha value is -2.63. The maximum Gasteiger partial charge on any atom is 0.279 e. The Morgan fingerprint density at radius 1 is 1.26 bits per heavy atom. The molecule has 0 aliphatic heterocycles. The zero-order valence-electron chi connectivity index (χ0n) is 10.7. The van der Waals surface area contributed by atoms with E-state index in [9.17, 15) is 4.79 Å². The number of para-hydroxylation sites is 1. The first kappa shape index (κ1) is 11.5. The summed E-state index contributed by atoms with van der Waals surface area (Å²) in [6.45, 7) is 0. The van der Waals surface area contributed by atoms with Gasteiger partial charge in [-0.1, -0.05) is 18.2 Å². The van der Waals surface area contributed by atoms with Crippen LogP contribution in [0.5, 0.6) is 0 Å². The summed E-state index contributed by atoms with van der Waals surface area (Å²) in [5.41, 5.74) is 1.33. The average Bonchev–Trinajstić information content (AvgIpc) is 2.95. The number of aromatic nitrogens is 4. The number of carbonyl (C=O) groups excluding carboxylic acids is 1. The second-order valence-corrected chi connectivity index (χ2v) is 4.31. The van der Waals surface area contributed by atoms with Crippen molar-refractivity contribution in [2.75, 3.05) is 5.32 Å². The van der Waals surface area contributed by atoms with Crippen molar-refractivity contribution in [1.29, 1.82) is 0 Å². The van der Waals surface area contributed by atoms with Crippen LogP contribution in [0.3, 0.4) is 0 Å². The molecule has 96 valence electrons. The molecule has 0 unspecified atom stereocenters. The highest BCUT2D eigenvalue weighted by atomic mass is 16.2. The summed E-state index contributed by atoms with van der Waals surface area (Å²) in [4.78, 5) is 16.3. The van der Waals surface area contributed by atoms with E-state index in [0.29, 0.717) is 11.6 Å². The van der Waals surface area contributed by atoms with Crippen LogP contribution in [0.15, 0.2) is 36.7 Å². The van der Waals surface area contributed by atoms with Crippen molar-refractivity contribution in [2.24, 2.45) is 14.1 Å². The van der Waals surface area contributed by atoms with Gasteiger partial charge in [-0.05, 0) is 6.07 Å². The summed E-state index contributed by atoms with van der Waals surface area (Å²) in [6, 6.07) is 7.63. The highest BCUT2D eigenvalue weighted by Crippen LogP contribution is 2.18. The molecule has 0 fully saturated rings. The Morgan fingerprint density at radius 3 is 2.79 bits per heavy atom. The van der Waals surface area contributed by atoms with Crippen LogP contribution in [0.4, 0.5) is 5.95 Å². The molecule has 1 N–H and O–H groups in total. The first-order valence-corrected chi connectivity index (χ1v) is 5.87. The highest BCUT2D eigenvalue weighted by Gasteiger charge is 2.16. The van der Waals surface area contributed by atoms with Gasteiger partial charge in [-0.25, -0.2) is 4.98 Å². The number of nitrogens with zero attached hydrogens (tertiary/aromatic N) is 4. The van der Waals surface area contributed by atoms with Crippen molar-refractivity contribution in [3.8, 4) is 0 Å². The van der Waals surface area contributed by atoms with E-state index in [2.05, 4.69) is 15.4 Å². The number of carbonyl (C=O) groups is 1.